The highest BCUT2D eigenvalue weighted by molar-refractivity contribution is 14.1. The van der Waals surface area contributed by atoms with Crippen LogP contribution in [0.15, 0.2) is 12.3 Å². The molecular weight excluding hydrogens is 271 g/mol. The fourth-order valence-corrected chi connectivity index (χ4v) is 0.571. The van der Waals surface area contributed by atoms with Crippen LogP contribution < -0.4 is 10.7 Å². The summed E-state index contributed by atoms with van der Waals surface area (Å²) < 4.78 is 0.598. The monoisotopic (exact) mass is 283 g/mol. The maximum absolute atomic E-state index is 10.6. The van der Waals surface area contributed by atoms with Gasteiger partial charge in [-0.05, 0) is 13.8 Å². The molecule has 0 radical (unpaired) electrons. The van der Waals surface area contributed by atoms with Crippen LogP contribution in [0.1, 0.15) is 13.8 Å². The first kappa shape index (κ1) is 11.4. The number of rotatable bonds is 4. The molecule has 4 N–H and O–H groups in total. The summed E-state index contributed by atoms with van der Waals surface area (Å²) >= 11 is 1.93. The molecule has 0 atom stereocenters. The highest BCUT2D eigenvalue weighted by Crippen LogP contribution is 2.01. The Labute approximate surface area is 84.7 Å². The third-order valence-corrected chi connectivity index (χ3v) is 1.58. The van der Waals surface area contributed by atoms with Gasteiger partial charge in [-0.25, -0.2) is 10.2 Å². The van der Waals surface area contributed by atoms with Gasteiger partial charge in [-0.2, -0.15) is 0 Å². The summed E-state index contributed by atoms with van der Waals surface area (Å²) in [5.41, 5.74) is -0.956. The van der Waals surface area contributed by atoms with Gasteiger partial charge in [-0.15, -0.1) is 0 Å². The van der Waals surface area contributed by atoms with Crippen LogP contribution in [0.3, 0.4) is 0 Å². The average Bonchev–Trinajstić information content (AvgIpc) is 1.85. The third kappa shape index (κ3) is 4.32. The van der Waals surface area contributed by atoms with Crippen molar-refractivity contribution < 1.29 is 15.3 Å². The second kappa shape index (κ2) is 4.44. The van der Waals surface area contributed by atoms with E-state index < -0.39 is 11.5 Å². The molecule has 0 spiro atoms. The number of carboxylic acid groups (broad SMARTS) is 1. The van der Waals surface area contributed by atoms with Gasteiger partial charge in [0, 0.05) is 34.9 Å². The minimum Gasteiger partial charge on any atom is -0.480 e. The lowest BCUT2D eigenvalue weighted by Crippen LogP contribution is -2.44. The lowest BCUT2D eigenvalue weighted by atomic mass is 10.1. The van der Waals surface area contributed by atoms with E-state index in [9.17, 15) is 4.79 Å². The molecule has 12 heavy (non-hydrogen) atoms. The zero-order valence-corrected chi connectivity index (χ0v) is 9.12. The number of carbonyl (C=O) groups is 1. The Morgan fingerprint density at radius 2 is 2.17 bits per heavy atom. The molecule has 0 aromatic rings. The predicted molar refractivity (Wildman–Crippen MR) is 54.9 cm³/mol. The first-order valence-electron chi connectivity index (χ1n) is 3.32. The maximum Gasteiger partial charge on any atom is 0.328 e. The molecule has 0 aromatic heterocycles. The summed E-state index contributed by atoms with van der Waals surface area (Å²) in [5.74, 6) is -0.904. The van der Waals surface area contributed by atoms with Crippen LogP contribution in [0.2, 0.25) is 0 Å². The van der Waals surface area contributed by atoms with Crippen molar-refractivity contribution in [1.29, 1.82) is 0 Å². The van der Waals surface area contributed by atoms with Crippen molar-refractivity contribution in [3.05, 3.63) is 12.3 Å². The number of allylic oxidation sites excluding steroid dienone is 1. The Kier molecular flexibility index (Phi) is 4.22. The summed E-state index contributed by atoms with van der Waals surface area (Å²) in [6, 6.07) is 0. The smallest absolute Gasteiger partial charge is 0.328 e. The molecule has 0 amide bonds. The molecule has 0 saturated carbocycles. The van der Waals surface area contributed by atoms with Crippen LogP contribution in [-0.4, -0.2) is 20.3 Å². The van der Waals surface area contributed by atoms with E-state index in [1.807, 2.05) is 22.6 Å². The van der Waals surface area contributed by atoms with Gasteiger partial charge in [-0.3, -0.25) is 0 Å². The summed E-state index contributed by atoms with van der Waals surface area (Å²) in [5, 5.41) is 16.7. The fourth-order valence-electron chi connectivity index (χ4n) is 0.391. The fraction of sp³-hybridized carbons (Fsp3) is 0.429. The van der Waals surface area contributed by atoms with Gasteiger partial charge in [-0.1, -0.05) is 0 Å². The van der Waals surface area contributed by atoms with E-state index in [0.717, 1.165) is 0 Å². The summed E-state index contributed by atoms with van der Waals surface area (Å²) in [4.78, 5) is 10.6. The minimum absolute atomic E-state index is 0.598. The Hall–Kier alpha value is -0.590. The number of aliphatic carboxylic acids is 1. The zero-order valence-electron chi connectivity index (χ0n) is 6.97. The standard InChI is InChI=1S/C7H11IN2O2/c1-7(2,6(11)12)10-4-3-5(8)9/h3-4,9-10H,1-2H3,(H,11,12)/p+1/b4-3-,9-5?. The summed E-state index contributed by atoms with van der Waals surface area (Å²) in [6.07, 6.45) is 3.13. The summed E-state index contributed by atoms with van der Waals surface area (Å²) in [7, 11) is 0. The molecule has 0 aliphatic carbocycles. The van der Waals surface area contributed by atoms with Crippen molar-refractivity contribution in [3.8, 4) is 0 Å². The van der Waals surface area contributed by atoms with Gasteiger partial charge >= 0.3 is 5.97 Å². The molecule has 0 aliphatic rings. The number of halogens is 1. The lowest BCUT2D eigenvalue weighted by Gasteiger charge is -2.18. The van der Waals surface area contributed by atoms with Crippen molar-refractivity contribution in [2.24, 2.45) is 0 Å². The number of carboxylic acids is 1. The molecule has 0 aromatic carbocycles. The molecule has 0 fully saturated rings. The van der Waals surface area contributed by atoms with E-state index in [1.54, 1.807) is 19.9 Å². The first-order valence-corrected chi connectivity index (χ1v) is 4.39. The Morgan fingerprint density at radius 3 is 2.50 bits per heavy atom. The number of nitrogens with two attached hydrogens (primary N) is 1. The van der Waals surface area contributed by atoms with Gasteiger partial charge < -0.3 is 10.4 Å². The van der Waals surface area contributed by atoms with Crippen LogP contribution >= 0.6 is 22.6 Å². The van der Waals surface area contributed by atoms with Crippen molar-refractivity contribution in [2.45, 2.75) is 19.4 Å². The highest BCUT2D eigenvalue weighted by atomic mass is 127. The van der Waals surface area contributed by atoms with E-state index in [-0.39, 0.29) is 0 Å². The molecule has 5 heteroatoms. The Balaban J connectivity index is 4.09. The molecule has 4 nitrogen and oxygen atoms in total. The molecule has 0 rings (SSSR count). The van der Waals surface area contributed by atoms with E-state index >= 15 is 0 Å². The van der Waals surface area contributed by atoms with Crippen molar-refractivity contribution >= 4 is 32.3 Å². The number of hydrogen-bond acceptors (Lipinski definition) is 2. The quantitative estimate of drug-likeness (QED) is 0.483. The molecule has 0 unspecified atom stereocenters. The van der Waals surface area contributed by atoms with Gasteiger partial charge in [0.25, 0.3) is 0 Å². The first-order chi connectivity index (χ1) is 5.36. The second-order valence-electron chi connectivity index (χ2n) is 2.79. The minimum atomic E-state index is -0.956. The summed E-state index contributed by atoms with van der Waals surface area (Å²) in [6.45, 7) is 3.14. The SMILES string of the molecule is CC(C)(N/C=C\C(=[NH2+])I)C(=O)O. The third-order valence-electron chi connectivity index (χ3n) is 1.22. The van der Waals surface area contributed by atoms with E-state index in [0.29, 0.717) is 3.72 Å². The van der Waals surface area contributed by atoms with Crippen LogP contribution in [-0.2, 0) is 4.79 Å². The zero-order chi connectivity index (χ0) is 9.78. The lowest BCUT2D eigenvalue weighted by molar-refractivity contribution is -0.142. The van der Waals surface area contributed by atoms with E-state index in [4.69, 9.17) is 10.5 Å². The van der Waals surface area contributed by atoms with Crippen molar-refractivity contribution in [1.82, 2.24) is 5.32 Å². The Bertz CT molecular complexity index is 223. The van der Waals surface area contributed by atoms with Gasteiger partial charge in [0.1, 0.15) is 5.54 Å². The molecule has 0 bridgehead atoms. The normalized spacial score (nSPS) is 11.6. The van der Waals surface area contributed by atoms with Crippen LogP contribution in [0.25, 0.3) is 0 Å². The molecular formula is C7H12IN2O2+. The van der Waals surface area contributed by atoms with E-state index in [1.165, 1.54) is 6.20 Å². The van der Waals surface area contributed by atoms with Gasteiger partial charge in [0.05, 0.1) is 0 Å². The predicted octanol–water partition coefficient (Wildman–Crippen LogP) is -0.454. The average molecular weight is 283 g/mol. The number of hydrogen-bond donors (Lipinski definition) is 3. The molecule has 0 heterocycles. The van der Waals surface area contributed by atoms with Crippen LogP contribution in [0.5, 0.6) is 0 Å². The van der Waals surface area contributed by atoms with Crippen molar-refractivity contribution in [3.63, 3.8) is 0 Å². The van der Waals surface area contributed by atoms with Crippen LogP contribution in [0.4, 0.5) is 0 Å². The molecule has 0 saturated heterocycles. The van der Waals surface area contributed by atoms with E-state index in [2.05, 4.69) is 5.32 Å². The topological polar surface area (TPSA) is 74.9 Å². The Morgan fingerprint density at radius 1 is 1.67 bits per heavy atom. The largest absolute Gasteiger partial charge is 0.480 e. The number of nitrogens with one attached hydrogen (secondary N) is 1. The second-order valence-corrected chi connectivity index (χ2v) is 4.04. The van der Waals surface area contributed by atoms with Gasteiger partial charge in [0.15, 0.2) is 0 Å². The van der Waals surface area contributed by atoms with Gasteiger partial charge in [0.2, 0.25) is 3.72 Å². The van der Waals surface area contributed by atoms with Crippen LogP contribution in [0, 0.1) is 0 Å². The highest BCUT2D eigenvalue weighted by Gasteiger charge is 2.24. The maximum atomic E-state index is 10.6. The van der Waals surface area contributed by atoms with Crippen molar-refractivity contribution in [2.75, 3.05) is 0 Å². The molecule has 68 valence electrons. The molecule has 0 aliphatic heterocycles.